The summed E-state index contributed by atoms with van der Waals surface area (Å²) in [6.07, 6.45) is 1.69. The number of carbonyl (C=O) groups excluding carboxylic acids is 1. The molecule has 0 atom stereocenters. The average Bonchev–Trinajstić information content (AvgIpc) is 2.30. The van der Waals surface area contributed by atoms with Crippen LogP contribution in [0.3, 0.4) is 0 Å². The highest BCUT2D eigenvalue weighted by molar-refractivity contribution is 7.17. The number of ketones is 1. The summed E-state index contributed by atoms with van der Waals surface area (Å²) in [7, 11) is 0. The van der Waals surface area contributed by atoms with Crippen LogP contribution >= 0.6 is 34.5 Å². The number of carbonyl (C=O) groups is 1. The van der Waals surface area contributed by atoms with Crippen molar-refractivity contribution in [1.82, 2.24) is 4.98 Å². The number of Topliss-reactive ketones (excluding diaryl/α,β-unsaturated/α-hetero) is 1. The number of hydrogen-bond donors (Lipinski definition) is 0. The Hall–Kier alpha value is -0.380. The molecule has 0 amide bonds. The molecule has 70 valence electrons. The lowest BCUT2D eigenvalue weighted by Gasteiger charge is -1.91. The summed E-state index contributed by atoms with van der Waals surface area (Å²) in [4.78, 5) is 15.4. The van der Waals surface area contributed by atoms with E-state index >= 15 is 0 Å². The maximum absolute atomic E-state index is 10.9. The lowest BCUT2D eigenvalue weighted by molar-refractivity contribution is -0.113. The Labute approximate surface area is 90.2 Å². The lowest BCUT2D eigenvalue weighted by Crippen LogP contribution is -1.89. The number of rotatable bonds is 2. The first-order valence-corrected chi connectivity index (χ1v) is 5.09. The van der Waals surface area contributed by atoms with Gasteiger partial charge in [0.15, 0.2) is 10.3 Å². The molecule has 5 heteroatoms. The Morgan fingerprint density at radius 1 is 1.46 bits per heavy atom. The van der Waals surface area contributed by atoms with E-state index in [1.807, 2.05) is 0 Å². The van der Waals surface area contributed by atoms with Crippen molar-refractivity contribution < 1.29 is 4.79 Å². The second-order valence-corrected chi connectivity index (χ2v) is 4.48. The molecule has 0 aliphatic rings. The molecule has 0 aliphatic heterocycles. The molecule has 0 fully saturated rings. The molecule has 0 aliphatic carbocycles. The lowest BCUT2D eigenvalue weighted by atomic mass is 10.2. The van der Waals surface area contributed by atoms with E-state index in [2.05, 4.69) is 4.98 Å². The Morgan fingerprint density at radius 3 is 2.46 bits per heavy atom. The highest BCUT2D eigenvalue weighted by Gasteiger charge is 2.06. The van der Waals surface area contributed by atoms with E-state index in [0.717, 1.165) is 4.88 Å². The van der Waals surface area contributed by atoms with Gasteiger partial charge in [-0.3, -0.25) is 4.79 Å². The number of aromatic nitrogens is 1. The standard InChI is InChI=1S/C8H7Cl2NOS/c1-4(5(2)12)3-6-7(9)11-8(10)13-6/h3H,1-2H3. The highest BCUT2D eigenvalue weighted by atomic mass is 35.5. The van der Waals surface area contributed by atoms with Crippen LogP contribution in [0.25, 0.3) is 6.08 Å². The van der Waals surface area contributed by atoms with Crippen molar-refractivity contribution >= 4 is 46.4 Å². The first-order chi connectivity index (χ1) is 6.00. The minimum absolute atomic E-state index is 0.0144. The number of nitrogens with zero attached hydrogens (tertiary/aromatic N) is 1. The van der Waals surface area contributed by atoms with Gasteiger partial charge in [-0.1, -0.05) is 23.2 Å². The molecule has 0 unspecified atom stereocenters. The van der Waals surface area contributed by atoms with Crippen LogP contribution in [-0.4, -0.2) is 10.8 Å². The zero-order valence-electron chi connectivity index (χ0n) is 7.10. The summed E-state index contributed by atoms with van der Waals surface area (Å²) in [6, 6.07) is 0. The van der Waals surface area contributed by atoms with Gasteiger partial charge in [0.2, 0.25) is 0 Å². The average molecular weight is 236 g/mol. The first kappa shape index (κ1) is 10.7. The molecule has 0 bridgehead atoms. The van der Waals surface area contributed by atoms with Crippen molar-refractivity contribution in [3.8, 4) is 0 Å². The molecule has 13 heavy (non-hydrogen) atoms. The fourth-order valence-corrected chi connectivity index (χ4v) is 2.04. The fraction of sp³-hybridized carbons (Fsp3) is 0.250. The van der Waals surface area contributed by atoms with Gasteiger partial charge in [0.1, 0.15) is 5.15 Å². The molecule has 0 spiro atoms. The molecular weight excluding hydrogens is 229 g/mol. The summed E-state index contributed by atoms with van der Waals surface area (Å²) >= 11 is 12.6. The third-order valence-electron chi connectivity index (χ3n) is 1.49. The predicted octanol–water partition coefficient (Wildman–Crippen LogP) is 3.44. The van der Waals surface area contributed by atoms with E-state index in [1.54, 1.807) is 13.0 Å². The summed E-state index contributed by atoms with van der Waals surface area (Å²) in [6.45, 7) is 3.23. The van der Waals surface area contributed by atoms with Crippen LogP contribution in [0.4, 0.5) is 0 Å². The van der Waals surface area contributed by atoms with Crippen molar-refractivity contribution in [3.63, 3.8) is 0 Å². The Kier molecular flexibility index (Phi) is 3.47. The molecule has 2 nitrogen and oxygen atoms in total. The molecular formula is C8H7Cl2NOS. The van der Waals surface area contributed by atoms with Gasteiger partial charge < -0.3 is 0 Å². The predicted molar refractivity (Wildman–Crippen MR) is 56.5 cm³/mol. The second kappa shape index (κ2) is 4.22. The zero-order chi connectivity index (χ0) is 10.0. The van der Waals surface area contributed by atoms with Crippen LogP contribution in [0, 0.1) is 0 Å². The maximum Gasteiger partial charge on any atom is 0.185 e. The number of thiazole rings is 1. The van der Waals surface area contributed by atoms with Gasteiger partial charge in [-0.2, -0.15) is 0 Å². The topological polar surface area (TPSA) is 30.0 Å². The minimum atomic E-state index is 0.0144. The summed E-state index contributed by atoms with van der Waals surface area (Å²) in [5, 5.41) is 0.343. The van der Waals surface area contributed by atoms with E-state index in [4.69, 9.17) is 23.2 Å². The van der Waals surface area contributed by atoms with Crippen molar-refractivity contribution in [2.45, 2.75) is 13.8 Å². The van der Waals surface area contributed by atoms with Gasteiger partial charge in [0.25, 0.3) is 0 Å². The second-order valence-electron chi connectivity index (χ2n) is 2.51. The van der Waals surface area contributed by atoms with Crippen LogP contribution in [-0.2, 0) is 4.79 Å². The smallest absolute Gasteiger partial charge is 0.185 e. The molecule has 1 aromatic rings. The van der Waals surface area contributed by atoms with E-state index < -0.39 is 0 Å². The molecule has 0 radical (unpaired) electrons. The van der Waals surface area contributed by atoms with Crippen LogP contribution in [0.1, 0.15) is 18.7 Å². The number of hydrogen-bond acceptors (Lipinski definition) is 3. The van der Waals surface area contributed by atoms with E-state index in [1.165, 1.54) is 18.3 Å². The van der Waals surface area contributed by atoms with Crippen molar-refractivity contribution in [3.05, 3.63) is 20.1 Å². The number of allylic oxidation sites excluding steroid dienone is 1. The van der Waals surface area contributed by atoms with Crippen LogP contribution in [0.2, 0.25) is 9.62 Å². The number of halogens is 2. The monoisotopic (exact) mass is 235 g/mol. The molecule has 0 N–H and O–H groups in total. The van der Waals surface area contributed by atoms with E-state index in [0.29, 0.717) is 15.2 Å². The third-order valence-corrected chi connectivity index (χ3v) is 2.99. The Bertz CT molecular complexity index is 370. The Morgan fingerprint density at radius 2 is 2.08 bits per heavy atom. The van der Waals surface area contributed by atoms with E-state index in [-0.39, 0.29) is 5.78 Å². The molecule has 1 aromatic heterocycles. The molecule has 1 rings (SSSR count). The first-order valence-electron chi connectivity index (χ1n) is 3.51. The molecule has 0 saturated carbocycles. The summed E-state index contributed by atoms with van der Waals surface area (Å²) in [5.74, 6) is 0.0144. The minimum Gasteiger partial charge on any atom is -0.295 e. The van der Waals surface area contributed by atoms with Gasteiger partial charge in [-0.15, -0.1) is 11.3 Å². The summed E-state index contributed by atoms with van der Waals surface area (Å²) < 4.78 is 0.382. The maximum atomic E-state index is 10.9. The van der Waals surface area contributed by atoms with Gasteiger partial charge >= 0.3 is 0 Å². The van der Waals surface area contributed by atoms with E-state index in [9.17, 15) is 4.79 Å². The normalized spacial score (nSPS) is 11.8. The van der Waals surface area contributed by atoms with Gasteiger partial charge in [-0.05, 0) is 25.5 Å². The fourth-order valence-electron chi connectivity index (χ4n) is 0.675. The quantitative estimate of drug-likeness (QED) is 0.736. The summed E-state index contributed by atoms with van der Waals surface area (Å²) in [5.41, 5.74) is 0.641. The van der Waals surface area contributed by atoms with Crippen LogP contribution < -0.4 is 0 Å². The van der Waals surface area contributed by atoms with Gasteiger partial charge in [-0.25, -0.2) is 4.98 Å². The van der Waals surface area contributed by atoms with Gasteiger partial charge in [0.05, 0.1) is 4.88 Å². The largest absolute Gasteiger partial charge is 0.295 e. The van der Waals surface area contributed by atoms with Gasteiger partial charge in [0, 0.05) is 0 Å². The highest BCUT2D eigenvalue weighted by Crippen LogP contribution is 2.28. The van der Waals surface area contributed by atoms with Crippen molar-refractivity contribution in [2.75, 3.05) is 0 Å². The molecule has 0 saturated heterocycles. The van der Waals surface area contributed by atoms with Crippen LogP contribution in [0.5, 0.6) is 0 Å². The molecule has 0 aromatic carbocycles. The van der Waals surface area contributed by atoms with Crippen LogP contribution in [0.15, 0.2) is 5.57 Å². The van der Waals surface area contributed by atoms with Crippen molar-refractivity contribution in [2.24, 2.45) is 0 Å². The Balaban J connectivity index is 3.03. The molecule has 1 heterocycles. The third kappa shape index (κ3) is 2.79. The SMILES string of the molecule is CC(=O)C(C)=Cc1sc(Cl)nc1Cl. The van der Waals surface area contributed by atoms with Crippen molar-refractivity contribution in [1.29, 1.82) is 0 Å². The zero-order valence-corrected chi connectivity index (χ0v) is 9.43.